The highest BCUT2D eigenvalue weighted by atomic mass is 35.5. The van der Waals surface area contributed by atoms with E-state index < -0.39 is 0 Å². The van der Waals surface area contributed by atoms with Gasteiger partial charge in [0.1, 0.15) is 6.29 Å². The average Bonchev–Trinajstić information content (AvgIpc) is 3.33. The van der Waals surface area contributed by atoms with E-state index in [2.05, 4.69) is 28.3 Å². The van der Waals surface area contributed by atoms with Crippen LogP contribution in [0.2, 0.25) is 5.02 Å². The molecule has 0 unspecified atom stereocenters. The van der Waals surface area contributed by atoms with Crippen molar-refractivity contribution in [1.29, 1.82) is 0 Å². The van der Waals surface area contributed by atoms with Crippen molar-refractivity contribution in [1.82, 2.24) is 14.8 Å². The van der Waals surface area contributed by atoms with Crippen molar-refractivity contribution in [2.24, 2.45) is 4.99 Å². The van der Waals surface area contributed by atoms with E-state index in [0.717, 1.165) is 58.6 Å². The minimum Gasteiger partial charge on any atom is -0.302 e. The lowest BCUT2D eigenvalue weighted by atomic mass is 9.95. The third-order valence-corrected chi connectivity index (χ3v) is 6.41. The largest absolute Gasteiger partial charge is 0.302 e. The molecule has 0 fully saturated rings. The lowest BCUT2D eigenvalue weighted by Gasteiger charge is -2.15. The van der Waals surface area contributed by atoms with Gasteiger partial charge < -0.3 is 5.32 Å². The van der Waals surface area contributed by atoms with Crippen LogP contribution in [0.25, 0.3) is 21.8 Å². The quantitative estimate of drug-likeness (QED) is 0.407. The first-order chi connectivity index (χ1) is 15.5. The third-order valence-electron chi connectivity index (χ3n) is 5.09. The number of carbonyl (C=O) groups excluding carboxylic acids is 2. The number of aryl methyl sites for hydroxylation is 1. The zero-order valence-corrected chi connectivity index (χ0v) is 19.5. The Labute approximate surface area is 194 Å². The summed E-state index contributed by atoms with van der Waals surface area (Å²) in [5.41, 5.74) is 5.88. The van der Waals surface area contributed by atoms with E-state index >= 15 is 0 Å². The Morgan fingerprint density at radius 3 is 2.84 bits per heavy atom. The van der Waals surface area contributed by atoms with E-state index in [-0.39, 0.29) is 5.91 Å². The predicted octanol–water partition coefficient (Wildman–Crippen LogP) is 5.01. The molecule has 32 heavy (non-hydrogen) atoms. The Morgan fingerprint density at radius 1 is 1.38 bits per heavy atom. The number of anilines is 1. The lowest BCUT2D eigenvalue weighted by Crippen LogP contribution is -2.07. The lowest BCUT2D eigenvalue weighted by molar-refractivity contribution is -0.114. The molecule has 2 heterocycles. The van der Waals surface area contributed by atoms with Crippen LogP contribution in [0, 0.1) is 0 Å². The number of carbonyl (C=O) groups is 2. The maximum atomic E-state index is 11.6. The number of thiazole rings is 1. The van der Waals surface area contributed by atoms with E-state index in [4.69, 9.17) is 16.7 Å². The number of benzene rings is 1. The second kappa shape index (κ2) is 9.18. The van der Waals surface area contributed by atoms with Gasteiger partial charge in [0.25, 0.3) is 0 Å². The van der Waals surface area contributed by atoms with E-state index in [1.807, 2.05) is 10.9 Å². The van der Waals surface area contributed by atoms with Crippen LogP contribution < -0.4 is 5.32 Å². The standard InChI is InChI=1S/C23H22ClN5O2S/c1-4-5-15(11-25-3)20-16-7-8-18-22(32-23(27-18)26-13(2)31)21(16)29(28-20)19-9-6-14(12-30)10-17(19)24/h5-6,9-12H,4,7-8H2,1-3H3,(H,26,27,31)/b15-5+,25-11?. The molecule has 164 valence electrons. The number of nitrogens with one attached hydrogen (secondary N) is 1. The molecule has 4 rings (SSSR count). The van der Waals surface area contributed by atoms with Crippen LogP contribution >= 0.6 is 22.9 Å². The number of hydrogen-bond acceptors (Lipinski definition) is 6. The molecule has 0 saturated carbocycles. The van der Waals surface area contributed by atoms with Crippen LogP contribution in [0.1, 0.15) is 47.6 Å². The number of amides is 1. The summed E-state index contributed by atoms with van der Waals surface area (Å²) in [6, 6.07) is 5.15. The summed E-state index contributed by atoms with van der Waals surface area (Å²) in [6.07, 6.45) is 7.03. The first kappa shape index (κ1) is 22.1. The Morgan fingerprint density at radius 2 is 2.19 bits per heavy atom. The summed E-state index contributed by atoms with van der Waals surface area (Å²) < 4.78 is 1.82. The van der Waals surface area contributed by atoms with E-state index in [9.17, 15) is 9.59 Å². The highest BCUT2D eigenvalue weighted by Gasteiger charge is 2.30. The zero-order valence-electron chi connectivity index (χ0n) is 18.0. The van der Waals surface area contributed by atoms with Crippen LogP contribution in [0.4, 0.5) is 5.13 Å². The number of nitrogens with zero attached hydrogens (tertiary/aromatic N) is 4. The highest BCUT2D eigenvalue weighted by Crippen LogP contribution is 2.43. The number of hydrogen-bond donors (Lipinski definition) is 1. The fourth-order valence-corrected chi connectivity index (χ4v) is 5.20. The fourth-order valence-electron chi connectivity index (χ4n) is 3.82. The van der Waals surface area contributed by atoms with Gasteiger partial charge in [0.2, 0.25) is 5.91 Å². The van der Waals surface area contributed by atoms with E-state index in [0.29, 0.717) is 21.4 Å². The summed E-state index contributed by atoms with van der Waals surface area (Å²) >= 11 is 7.99. The Bertz CT molecular complexity index is 1270. The predicted molar refractivity (Wildman–Crippen MR) is 129 cm³/mol. The van der Waals surface area contributed by atoms with Gasteiger partial charge >= 0.3 is 0 Å². The summed E-state index contributed by atoms with van der Waals surface area (Å²) in [4.78, 5) is 32.6. The Balaban J connectivity index is 1.98. The molecule has 0 atom stereocenters. The summed E-state index contributed by atoms with van der Waals surface area (Å²) in [7, 11) is 1.74. The van der Waals surface area contributed by atoms with E-state index in [1.165, 1.54) is 18.3 Å². The molecule has 7 nitrogen and oxygen atoms in total. The van der Waals surface area contributed by atoms with Gasteiger partial charge in [-0.15, -0.1) is 0 Å². The van der Waals surface area contributed by atoms with Crippen LogP contribution in [0.5, 0.6) is 0 Å². The molecule has 9 heteroatoms. The van der Waals surface area contributed by atoms with Crippen molar-refractivity contribution >= 4 is 52.1 Å². The van der Waals surface area contributed by atoms with Crippen LogP contribution in [0.3, 0.4) is 0 Å². The number of aromatic nitrogens is 3. The number of aldehydes is 1. The third kappa shape index (κ3) is 4.03. The molecule has 1 N–H and O–H groups in total. The SMILES string of the molecule is CC/C=C(\C=NC)c1nn(-c2ccc(C=O)cc2Cl)c2c1CCc1nc(NC(C)=O)sc1-2. The Kier molecular flexibility index (Phi) is 6.34. The van der Waals surface area contributed by atoms with Crippen LogP contribution in [0.15, 0.2) is 29.3 Å². The second-order valence-corrected chi connectivity index (χ2v) is 8.75. The van der Waals surface area contributed by atoms with Crippen molar-refractivity contribution in [3.63, 3.8) is 0 Å². The number of aliphatic imine (C=N–C) groups is 1. The van der Waals surface area contributed by atoms with Crippen molar-refractivity contribution in [2.45, 2.75) is 33.1 Å². The van der Waals surface area contributed by atoms with Gasteiger partial charge in [-0.1, -0.05) is 35.9 Å². The molecule has 0 spiro atoms. The van der Waals surface area contributed by atoms with Crippen molar-refractivity contribution in [2.75, 3.05) is 12.4 Å². The Hall–Kier alpha value is -3.10. The molecular formula is C23H22ClN5O2S. The second-order valence-electron chi connectivity index (χ2n) is 7.35. The van der Waals surface area contributed by atoms with Crippen molar-refractivity contribution in [3.05, 3.63) is 51.8 Å². The summed E-state index contributed by atoms with van der Waals surface area (Å²) in [6.45, 7) is 3.54. The summed E-state index contributed by atoms with van der Waals surface area (Å²) in [5, 5.41) is 8.74. The molecule has 3 aromatic rings. The molecule has 0 bridgehead atoms. The maximum absolute atomic E-state index is 11.6. The molecule has 1 aromatic carbocycles. The van der Waals surface area contributed by atoms with Gasteiger partial charge in [0, 0.05) is 36.9 Å². The monoisotopic (exact) mass is 467 g/mol. The van der Waals surface area contributed by atoms with Gasteiger partial charge in [-0.05, 0) is 37.5 Å². The zero-order chi connectivity index (χ0) is 22.8. The van der Waals surface area contributed by atoms with Crippen molar-refractivity contribution < 1.29 is 9.59 Å². The first-order valence-corrected chi connectivity index (χ1v) is 11.4. The van der Waals surface area contributed by atoms with Gasteiger partial charge in [-0.3, -0.25) is 14.6 Å². The fraction of sp³-hybridized carbons (Fsp3) is 0.261. The van der Waals surface area contributed by atoms with Gasteiger partial charge in [0.05, 0.1) is 32.7 Å². The molecule has 1 aliphatic rings. The number of allylic oxidation sites excluding steroid dienone is 2. The molecule has 0 saturated heterocycles. The van der Waals surface area contributed by atoms with E-state index in [1.54, 1.807) is 25.2 Å². The molecule has 1 amide bonds. The average molecular weight is 468 g/mol. The molecule has 1 aliphatic carbocycles. The highest BCUT2D eigenvalue weighted by molar-refractivity contribution is 7.19. The minimum atomic E-state index is -0.162. The number of halogens is 1. The van der Waals surface area contributed by atoms with Gasteiger partial charge in [-0.2, -0.15) is 5.10 Å². The number of rotatable bonds is 6. The number of fused-ring (bicyclic) bond motifs is 3. The topological polar surface area (TPSA) is 89.2 Å². The van der Waals surface area contributed by atoms with Crippen LogP contribution in [-0.2, 0) is 17.6 Å². The molecular weight excluding hydrogens is 446 g/mol. The minimum absolute atomic E-state index is 0.162. The van der Waals surface area contributed by atoms with Gasteiger partial charge in [-0.25, -0.2) is 9.67 Å². The van der Waals surface area contributed by atoms with Crippen molar-refractivity contribution in [3.8, 4) is 16.3 Å². The molecule has 0 aliphatic heterocycles. The molecule has 0 radical (unpaired) electrons. The smallest absolute Gasteiger partial charge is 0.223 e. The van der Waals surface area contributed by atoms with Crippen LogP contribution in [-0.4, -0.2) is 40.2 Å². The van der Waals surface area contributed by atoms with Gasteiger partial charge in [0.15, 0.2) is 5.13 Å². The normalized spacial score (nSPS) is 13.2. The first-order valence-electron chi connectivity index (χ1n) is 10.2. The summed E-state index contributed by atoms with van der Waals surface area (Å²) in [5.74, 6) is -0.162. The molecule has 2 aromatic heterocycles. The maximum Gasteiger partial charge on any atom is 0.223 e.